The maximum Gasteiger partial charge on any atom is 0.312 e. The van der Waals surface area contributed by atoms with Crippen molar-refractivity contribution in [2.45, 2.75) is 19.1 Å². The minimum absolute atomic E-state index is 0.0415. The van der Waals surface area contributed by atoms with Crippen LogP contribution < -0.4 is 5.73 Å². The Morgan fingerprint density at radius 2 is 2.00 bits per heavy atom. The van der Waals surface area contributed by atoms with Crippen LogP contribution in [0.25, 0.3) is 0 Å². The average molecular weight is 342 g/mol. The van der Waals surface area contributed by atoms with Crippen LogP contribution in [-0.2, 0) is 25.7 Å². The quantitative estimate of drug-likeness (QED) is 0.799. The Kier molecular flexibility index (Phi) is 4.83. The molecule has 1 aliphatic rings. The van der Waals surface area contributed by atoms with Crippen molar-refractivity contribution in [3.05, 3.63) is 60.1 Å². The molecule has 0 spiro atoms. The molecule has 7 nitrogen and oxygen atoms in total. The predicted octanol–water partition coefficient (Wildman–Crippen LogP) is 1.40. The number of nitrogens with zero attached hydrogens (tertiary/aromatic N) is 1. The Morgan fingerprint density at radius 3 is 2.64 bits per heavy atom. The number of benzene rings is 1. The zero-order chi connectivity index (χ0) is 17.8. The third-order valence-electron chi connectivity index (χ3n) is 4.07. The number of hydrogen-bond acceptors (Lipinski definition) is 5. The van der Waals surface area contributed by atoms with Crippen molar-refractivity contribution in [1.29, 1.82) is 0 Å². The predicted molar refractivity (Wildman–Crippen MR) is 86.7 cm³/mol. The smallest absolute Gasteiger partial charge is 0.312 e. The van der Waals surface area contributed by atoms with Gasteiger partial charge in [0.25, 0.3) is 5.91 Å². The molecule has 1 aromatic carbocycles. The van der Waals surface area contributed by atoms with Gasteiger partial charge in [-0.3, -0.25) is 14.4 Å². The lowest BCUT2D eigenvalue weighted by molar-refractivity contribution is -0.159. The number of ether oxygens (including phenoxy) is 1. The fraction of sp³-hybridized carbons (Fsp3) is 0.278. The van der Waals surface area contributed by atoms with E-state index in [1.165, 1.54) is 11.2 Å². The summed E-state index contributed by atoms with van der Waals surface area (Å²) in [5.74, 6) is -1.51. The largest absolute Gasteiger partial charge is 0.467 e. The lowest BCUT2D eigenvalue weighted by Crippen LogP contribution is -2.30. The van der Waals surface area contributed by atoms with E-state index in [4.69, 9.17) is 14.9 Å². The van der Waals surface area contributed by atoms with Crippen LogP contribution in [-0.4, -0.2) is 29.2 Å². The molecule has 0 bridgehead atoms. The first kappa shape index (κ1) is 16.8. The average Bonchev–Trinajstić information content (AvgIpc) is 3.24. The summed E-state index contributed by atoms with van der Waals surface area (Å²) >= 11 is 0. The molecule has 0 unspecified atom stereocenters. The van der Waals surface area contributed by atoms with E-state index in [2.05, 4.69) is 0 Å². The second-order valence-electron chi connectivity index (χ2n) is 5.88. The van der Waals surface area contributed by atoms with Crippen molar-refractivity contribution in [1.82, 2.24) is 4.90 Å². The molecule has 25 heavy (non-hydrogen) atoms. The van der Waals surface area contributed by atoms with Gasteiger partial charge in [0, 0.05) is 18.5 Å². The van der Waals surface area contributed by atoms with Crippen molar-refractivity contribution in [2.75, 3.05) is 6.54 Å². The van der Waals surface area contributed by atoms with Crippen molar-refractivity contribution in [2.24, 2.45) is 11.7 Å². The number of carbonyl (C=O) groups is 3. The molecule has 2 N–H and O–H groups in total. The van der Waals surface area contributed by atoms with Crippen molar-refractivity contribution in [3.63, 3.8) is 0 Å². The van der Waals surface area contributed by atoms with Crippen LogP contribution in [0.2, 0.25) is 0 Å². The van der Waals surface area contributed by atoms with Crippen LogP contribution in [0.3, 0.4) is 0 Å². The Morgan fingerprint density at radius 1 is 1.24 bits per heavy atom. The number of furan rings is 1. The van der Waals surface area contributed by atoms with E-state index < -0.39 is 23.9 Å². The summed E-state index contributed by atoms with van der Waals surface area (Å²) in [6, 6.07) is 12.0. The van der Waals surface area contributed by atoms with E-state index in [0.717, 1.165) is 0 Å². The molecule has 0 saturated carbocycles. The molecule has 2 aromatic rings. The van der Waals surface area contributed by atoms with Crippen LogP contribution in [0.4, 0.5) is 0 Å². The number of hydrogen-bond donors (Lipinski definition) is 1. The number of rotatable bonds is 6. The lowest BCUT2D eigenvalue weighted by Gasteiger charge is -2.18. The minimum atomic E-state index is -1.16. The summed E-state index contributed by atoms with van der Waals surface area (Å²) in [5.41, 5.74) is 5.85. The SMILES string of the molecule is NC(=O)[C@H](OC(=O)[C@@H]1CC(=O)N(Cc2ccco2)C1)c1ccccc1. The number of likely N-dealkylation sites (tertiary alicyclic amines) is 1. The number of esters is 1. The Labute approximate surface area is 144 Å². The Balaban J connectivity index is 1.64. The minimum Gasteiger partial charge on any atom is -0.467 e. The van der Waals surface area contributed by atoms with Gasteiger partial charge < -0.3 is 19.8 Å². The summed E-state index contributed by atoms with van der Waals surface area (Å²) in [6.45, 7) is 0.520. The van der Waals surface area contributed by atoms with E-state index in [1.54, 1.807) is 42.5 Å². The van der Waals surface area contributed by atoms with Crippen LogP contribution in [0, 0.1) is 5.92 Å². The van der Waals surface area contributed by atoms with Gasteiger partial charge in [-0.2, -0.15) is 0 Å². The van der Waals surface area contributed by atoms with Gasteiger partial charge >= 0.3 is 5.97 Å². The fourth-order valence-corrected chi connectivity index (χ4v) is 2.80. The van der Waals surface area contributed by atoms with Crippen molar-refractivity contribution < 1.29 is 23.5 Å². The van der Waals surface area contributed by atoms with E-state index >= 15 is 0 Å². The summed E-state index contributed by atoms with van der Waals surface area (Å²) < 4.78 is 10.5. The molecular weight excluding hydrogens is 324 g/mol. The molecule has 2 heterocycles. The molecule has 1 saturated heterocycles. The first-order chi connectivity index (χ1) is 12.0. The number of amides is 2. The van der Waals surface area contributed by atoms with Crippen LogP contribution >= 0.6 is 0 Å². The summed E-state index contributed by atoms with van der Waals surface area (Å²) in [5, 5.41) is 0. The van der Waals surface area contributed by atoms with Gasteiger partial charge in [0.1, 0.15) is 5.76 Å². The zero-order valence-corrected chi connectivity index (χ0v) is 13.5. The molecule has 2 atom stereocenters. The summed E-state index contributed by atoms with van der Waals surface area (Å²) in [7, 11) is 0. The molecule has 7 heteroatoms. The first-order valence-corrected chi connectivity index (χ1v) is 7.89. The van der Waals surface area contributed by atoms with Gasteiger partial charge in [0.15, 0.2) is 0 Å². The zero-order valence-electron chi connectivity index (χ0n) is 13.5. The van der Waals surface area contributed by atoms with Crippen LogP contribution in [0.5, 0.6) is 0 Å². The summed E-state index contributed by atoms with van der Waals surface area (Å²) in [6.07, 6.45) is 0.404. The van der Waals surface area contributed by atoms with E-state index in [0.29, 0.717) is 17.9 Å². The number of nitrogens with two attached hydrogens (primary N) is 1. The van der Waals surface area contributed by atoms with Crippen LogP contribution in [0.1, 0.15) is 23.8 Å². The maximum atomic E-state index is 12.4. The van der Waals surface area contributed by atoms with Gasteiger partial charge in [-0.15, -0.1) is 0 Å². The van der Waals surface area contributed by atoms with Gasteiger partial charge in [-0.05, 0) is 12.1 Å². The molecule has 0 radical (unpaired) electrons. The lowest BCUT2D eigenvalue weighted by atomic mass is 10.1. The van der Waals surface area contributed by atoms with Crippen LogP contribution in [0.15, 0.2) is 53.1 Å². The van der Waals surface area contributed by atoms with Gasteiger partial charge in [0.05, 0.1) is 18.7 Å². The number of carbonyl (C=O) groups excluding carboxylic acids is 3. The first-order valence-electron chi connectivity index (χ1n) is 7.89. The maximum absolute atomic E-state index is 12.4. The summed E-state index contributed by atoms with van der Waals surface area (Å²) in [4.78, 5) is 37.7. The third kappa shape index (κ3) is 3.88. The highest BCUT2D eigenvalue weighted by Crippen LogP contribution is 2.25. The highest BCUT2D eigenvalue weighted by molar-refractivity contribution is 5.89. The second-order valence-corrected chi connectivity index (χ2v) is 5.88. The van der Waals surface area contributed by atoms with E-state index in [9.17, 15) is 14.4 Å². The monoisotopic (exact) mass is 342 g/mol. The van der Waals surface area contributed by atoms with Gasteiger partial charge in [0.2, 0.25) is 12.0 Å². The molecular formula is C18H18N2O5. The van der Waals surface area contributed by atoms with Crippen molar-refractivity contribution in [3.8, 4) is 0 Å². The molecule has 130 valence electrons. The standard InChI is InChI=1S/C18H18N2O5/c19-17(22)16(12-5-2-1-3-6-12)25-18(23)13-9-15(21)20(10-13)11-14-7-4-8-24-14/h1-8,13,16H,9-11H2,(H2,19,22)/t13-,16-/m1/s1. The molecule has 3 rings (SSSR count). The van der Waals surface area contributed by atoms with Gasteiger partial charge in [-0.1, -0.05) is 30.3 Å². The molecule has 2 amide bonds. The molecule has 1 aromatic heterocycles. The van der Waals surface area contributed by atoms with Gasteiger partial charge in [-0.25, -0.2) is 0 Å². The molecule has 0 aliphatic carbocycles. The topological polar surface area (TPSA) is 103 Å². The Bertz CT molecular complexity index is 757. The van der Waals surface area contributed by atoms with E-state index in [-0.39, 0.29) is 18.9 Å². The Hall–Kier alpha value is -3.09. The highest BCUT2D eigenvalue weighted by Gasteiger charge is 2.37. The van der Waals surface area contributed by atoms with Crippen molar-refractivity contribution >= 4 is 17.8 Å². The number of primary amides is 1. The fourth-order valence-electron chi connectivity index (χ4n) is 2.80. The third-order valence-corrected chi connectivity index (χ3v) is 4.07. The highest BCUT2D eigenvalue weighted by atomic mass is 16.5. The molecule has 1 fully saturated rings. The molecule has 1 aliphatic heterocycles. The second kappa shape index (κ2) is 7.21. The van der Waals surface area contributed by atoms with E-state index in [1.807, 2.05) is 0 Å². The normalized spacial score (nSPS) is 18.2.